The van der Waals surface area contributed by atoms with Gasteiger partial charge in [0.15, 0.2) is 0 Å². The molecule has 2 aromatic rings. The predicted molar refractivity (Wildman–Crippen MR) is 138 cm³/mol. The summed E-state index contributed by atoms with van der Waals surface area (Å²) in [5, 5.41) is 1.85. The van der Waals surface area contributed by atoms with Crippen LogP contribution in [0.4, 0.5) is 0 Å². The zero-order chi connectivity index (χ0) is 26.7. The maximum atomic E-state index is 13.3. The van der Waals surface area contributed by atoms with Crippen molar-refractivity contribution in [3.8, 4) is 0 Å². The van der Waals surface area contributed by atoms with Crippen molar-refractivity contribution in [3.63, 3.8) is 0 Å². The van der Waals surface area contributed by atoms with Crippen LogP contribution in [0.15, 0.2) is 66.6 Å². The van der Waals surface area contributed by atoms with Crippen LogP contribution in [0.2, 0.25) is 0 Å². The molecule has 0 saturated carbocycles. The molecule has 1 aromatic heterocycles. The Morgan fingerprint density at radius 1 is 1.11 bits per heavy atom. The molecule has 37 heavy (non-hydrogen) atoms. The first-order valence-electron chi connectivity index (χ1n) is 10.9. The number of hydrogen-bond donors (Lipinski definition) is 1. The molecule has 3 heterocycles. The van der Waals surface area contributed by atoms with E-state index in [4.69, 9.17) is 44.3 Å². The number of halogens is 3. The summed E-state index contributed by atoms with van der Waals surface area (Å²) >= 11 is 18.2. The van der Waals surface area contributed by atoms with E-state index in [0.717, 1.165) is 0 Å². The molecule has 1 aromatic carbocycles. The lowest BCUT2D eigenvalue weighted by Crippen LogP contribution is -2.69. The number of carbonyl (C=O) groups excluding carboxylic acids is 4. The fourth-order valence-electron chi connectivity index (χ4n) is 3.68. The number of β-lactam (4-membered cyclic amide) rings is 1. The molecule has 1 N–H and O–H groups in total. The third-order valence-corrected chi connectivity index (χ3v) is 7.29. The number of pyridine rings is 1. The van der Waals surface area contributed by atoms with Gasteiger partial charge in [0.05, 0.1) is 11.1 Å². The minimum atomic E-state index is -1.76. The van der Waals surface area contributed by atoms with E-state index in [-0.39, 0.29) is 16.4 Å². The predicted octanol–water partition coefficient (Wildman–Crippen LogP) is 3.57. The van der Waals surface area contributed by atoms with Crippen molar-refractivity contribution in [1.82, 2.24) is 15.2 Å². The van der Waals surface area contributed by atoms with Gasteiger partial charge in [-0.3, -0.25) is 14.6 Å². The average molecular weight is 585 g/mol. The van der Waals surface area contributed by atoms with E-state index in [0.29, 0.717) is 5.56 Å². The lowest BCUT2D eigenvalue weighted by Gasteiger charge is -2.48. The van der Waals surface area contributed by atoms with Gasteiger partial charge in [-0.05, 0) is 19.1 Å². The van der Waals surface area contributed by atoms with E-state index < -0.39 is 51.7 Å². The van der Waals surface area contributed by atoms with E-state index in [1.165, 1.54) is 47.4 Å². The summed E-state index contributed by atoms with van der Waals surface area (Å²) in [6, 6.07) is 10.5. The Morgan fingerprint density at radius 3 is 2.43 bits per heavy atom. The average Bonchev–Trinajstić information content (AvgIpc) is 2.89. The van der Waals surface area contributed by atoms with Crippen molar-refractivity contribution in [1.29, 1.82) is 0 Å². The number of alkyl halides is 3. The van der Waals surface area contributed by atoms with Gasteiger partial charge in [-0.1, -0.05) is 65.1 Å². The minimum absolute atomic E-state index is 0.224. The van der Waals surface area contributed by atoms with Crippen molar-refractivity contribution in [2.45, 2.75) is 33.5 Å². The van der Waals surface area contributed by atoms with Crippen molar-refractivity contribution < 1.29 is 28.7 Å². The second kappa shape index (κ2) is 11.3. The molecule has 194 valence electrons. The largest absolute Gasteiger partial charge is 0.458 e. The van der Waals surface area contributed by atoms with Crippen molar-refractivity contribution in [3.05, 3.63) is 77.8 Å². The van der Waals surface area contributed by atoms with Crippen LogP contribution in [0, 0.1) is 0 Å². The number of amides is 2. The highest BCUT2D eigenvalue weighted by atomic mass is 35.6. The molecule has 0 bridgehead atoms. The topological polar surface area (TPSA) is 115 Å². The van der Waals surface area contributed by atoms with E-state index in [2.05, 4.69) is 10.3 Å². The van der Waals surface area contributed by atoms with E-state index in [1.807, 2.05) is 0 Å². The van der Waals surface area contributed by atoms with Crippen LogP contribution < -0.4 is 5.32 Å². The van der Waals surface area contributed by atoms with Gasteiger partial charge in [-0.25, -0.2) is 9.59 Å². The first-order valence-corrected chi connectivity index (χ1v) is 13.0. The van der Waals surface area contributed by atoms with Gasteiger partial charge < -0.3 is 19.7 Å². The number of hydrogen-bond acceptors (Lipinski definition) is 8. The van der Waals surface area contributed by atoms with Crippen LogP contribution >= 0.6 is 46.6 Å². The summed E-state index contributed by atoms with van der Waals surface area (Å²) in [6.45, 7) is 1.32. The first kappa shape index (κ1) is 27.3. The van der Waals surface area contributed by atoms with E-state index in [1.54, 1.807) is 37.3 Å². The maximum Gasteiger partial charge on any atom is 0.339 e. The van der Waals surface area contributed by atoms with Crippen LogP contribution in [0.5, 0.6) is 0 Å². The fraction of sp³-hybridized carbons (Fsp3) is 0.292. The van der Waals surface area contributed by atoms with Crippen LogP contribution in [0.3, 0.4) is 0 Å². The Bertz CT molecular complexity index is 1230. The van der Waals surface area contributed by atoms with Gasteiger partial charge in [0.2, 0.25) is 9.90 Å². The van der Waals surface area contributed by atoms with Crippen LogP contribution in [-0.2, 0) is 23.9 Å². The molecule has 1 saturated heterocycles. The summed E-state index contributed by atoms with van der Waals surface area (Å²) < 4.78 is 8.80. The molecule has 13 heteroatoms. The van der Waals surface area contributed by atoms with E-state index in [9.17, 15) is 19.2 Å². The number of aromatic nitrogens is 1. The molecule has 2 aliphatic heterocycles. The molecule has 4 atom stereocenters. The summed E-state index contributed by atoms with van der Waals surface area (Å²) in [6.07, 6.45) is 2.96. The molecule has 2 aliphatic rings. The highest BCUT2D eigenvalue weighted by Gasteiger charge is 2.52. The molecule has 0 radical (unpaired) electrons. The molecule has 1 fully saturated rings. The smallest absolute Gasteiger partial charge is 0.339 e. The summed E-state index contributed by atoms with van der Waals surface area (Å²) in [5.74, 6) is -2.51. The second-order valence-corrected chi connectivity index (χ2v) is 12.1. The normalized spacial score (nSPS) is 21.6. The SMILES string of the molecule is CC1S[C@@H]2C(NC(=O)C(OC(=O)c3ccncc3)c3ccccc3)C(=O)N2C=C1C(=O)OCC(Cl)(Cl)Cl. The highest BCUT2D eigenvalue weighted by molar-refractivity contribution is 8.00. The second-order valence-electron chi connectivity index (χ2n) is 8.11. The van der Waals surface area contributed by atoms with Gasteiger partial charge in [0, 0.05) is 29.4 Å². The number of nitrogens with one attached hydrogen (secondary N) is 1. The number of thioether (sulfide) groups is 1. The zero-order valence-electron chi connectivity index (χ0n) is 19.2. The molecule has 3 unspecified atom stereocenters. The molecule has 2 amide bonds. The number of rotatable bonds is 7. The van der Waals surface area contributed by atoms with Crippen molar-refractivity contribution >= 4 is 70.3 Å². The number of carbonyl (C=O) groups is 4. The standard InChI is InChI=1S/C24H20Cl3N3O6S/c1-13-16(23(34)35-12-24(25,26)27)11-30-20(32)17(21(30)37-13)29-19(31)18(14-5-3-2-4-6-14)36-22(33)15-7-9-28-10-8-15/h2-11,13,17-18,21H,12H2,1H3,(H,29,31)/t13?,17?,18?,21-/m1/s1. The number of nitrogens with zero attached hydrogens (tertiary/aromatic N) is 2. The maximum absolute atomic E-state index is 13.3. The molecular formula is C24H20Cl3N3O6S. The Hall–Kier alpha value is -2.79. The minimum Gasteiger partial charge on any atom is -0.458 e. The lowest BCUT2D eigenvalue weighted by molar-refractivity contribution is -0.147. The first-order chi connectivity index (χ1) is 17.5. The third kappa shape index (κ3) is 6.38. The summed E-state index contributed by atoms with van der Waals surface area (Å²) in [7, 11) is 0. The molecule has 0 aliphatic carbocycles. The lowest BCUT2D eigenvalue weighted by atomic mass is 10.0. The number of ether oxygens (including phenoxy) is 2. The van der Waals surface area contributed by atoms with Gasteiger partial charge in [0.25, 0.3) is 11.8 Å². The van der Waals surface area contributed by atoms with Gasteiger partial charge in [-0.15, -0.1) is 11.8 Å². The number of fused-ring (bicyclic) bond motifs is 1. The third-order valence-electron chi connectivity index (χ3n) is 5.52. The highest BCUT2D eigenvalue weighted by Crippen LogP contribution is 2.41. The summed E-state index contributed by atoms with van der Waals surface area (Å²) in [5.41, 5.74) is 0.891. The van der Waals surface area contributed by atoms with Gasteiger partial charge in [-0.2, -0.15) is 0 Å². The van der Waals surface area contributed by atoms with Gasteiger partial charge >= 0.3 is 11.9 Å². The van der Waals surface area contributed by atoms with Crippen molar-refractivity contribution in [2.24, 2.45) is 0 Å². The molecular weight excluding hydrogens is 565 g/mol. The van der Waals surface area contributed by atoms with E-state index >= 15 is 0 Å². The Balaban J connectivity index is 1.46. The Morgan fingerprint density at radius 2 is 1.78 bits per heavy atom. The number of benzene rings is 1. The van der Waals surface area contributed by atoms with Crippen molar-refractivity contribution in [2.75, 3.05) is 6.61 Å². The van der Waals surface area contributed by atoms with Crippen LogP contribution in [0.1, 0.15) is 28.9 Å². The summed E-state index contributed by atoms with van der Waals surface area (Å²) in [4.78, 5) is 56.4. The quantitative estimate of drug-likeness (QED) is 0.299. The molecule has 4 rings (SSSR count). The van der Waals surface area contributed by atoms with Crippen LogP contribution in [-0.4, -0.2) is 60.7 Å². The van der Waals surface area contributed by atoms with Crippen LogP contribution in [0.25, 0.3) is 0 Å². The Labute approximate surface area is 231 Å². The molecule has 0 spiro atoms. The molecule has 9 nitrogen and oxygen atoms in total. The van der Waals surface area contributed by atoms with Gasteiger partial charge in [0.1, 0.15) is 18.0 Å². The fourth-order valence-corrected chi connectivity index (χ4v) is 5.20. The Kier molecular flexibility index (Phi) is 8.33. The monoisotopic (exact) mass is 583 g/mol. The number of esters is 2. The zero-order valence-corrected chi connectivity index (χ0v) is 22.3.